The molecule has 0 aliphatic carbocycles. The number of carbonyl (C=O) groups is 2. The molecule has 2 unspecified atom stereocenters. The van der Waals surface area contributed by atoms with Gasteiger partial charge in [-0.1, -0.05) is 25.1 Å². The van der Waals surface area contributed by atoms with E-state index in [-0.39, 0.29) is 24.4 Å². The fraction of sp³-hybridized carbons (Fsp3) is 0.619. The Morgan fingerprint density at radius 1 is 1.26 bits per heavy atom. The zero-order valence-electron chi connectivity index (χ0n) is 17.4. The SMILES string of the molecule is CCc1ccccc1NC(=O)CN(C)C(=O)C(C)N1CCCC(N(C)C)C1. The van der Waals surface area contributed by atoms with Gasteiger partial charge in [0.15, 0.2) is 0 Å². The summed E-state index contributed by atoms with van der Waals surface area (Å²) >= 11 is 0. The topological polar surface area (TPSA) is 55.9 Å². The van der Waals surface area contributed by atoms with E-state index in [2.05, 4.69) is 36.1 Å². The maximum absolute atomic E-state index is 12.8. The Hall–Kier alpha value is -1.92. The van der Waals surface area contributed by atoms with Gasteiger partial charge in [-0.3, -0.25) is 14.5 Å². The van der Waals surface area contributed by atoms with Crippen LogP contribution < -0.4 is 5.32 Å². The quantitative estimate of drug-likeness (QED) is 0.794. The van der Waals surface area contributed by atoms with Crippen LogP contribution in [0.5, 0.6) is 0 Å². The lowest BCUT2D eigenvalue weighted by molar-refractivity contribution is -0.138. The summed E-state index contributed by atoms with van der Waals surface area (Å²) in [5, 5.41) is 2.93. The summed E-state index contributed by atoms with van der Waals surface area (Å²) in [5.74, 6) is -0.169. The van der Waals surface area contributed by atoms with Crippen LogP contribution in [0.15, 0.2) is 24.3 Å². The first-order chi connectivity index (χ1) is 12.8. The van der Waals surface area contributed by atoms with E-state index in [1.165, 1.54) is 11.3 Å². The smallest absolute Gasteiger partial charge is 0.243 e. The monoisotopic (exact) mass is 374 g/mol. The number of amides is 2. The van der Waals surface area contributed by atoms with Gasteiger partial charge < -0.3 is 15.1 Å². The third-order valence-electron chi connectivity index (χ3n) is 5.49. The van der Waals surface area contributed by atoms with Gasteiger partial charge in [0.05, 0.1) is 12.6 Å². The molecule has 27 heavy (non-hydrogen) atoms. The van der Waals surface area contributed by atoms with Gasteiger partial charge in [0, 0.05) is 25.3 Å². The van der Waals surface area contributed by atoms with Crippen LogP contribution in [0.25, 0.3) is 0 Å². The number of anilines is 1. The van der Waals surface area contributed by atoms with Gasteiger partial charge in [-0.2, -0.15) is 0 Å². The van der Waals surface area contributed by atoms with Crippen LogP contribution in [0.2, 0.25) is 0 Å². The van der Waals surface area contributed by atoms with Crippen LogP contribution in [0.1, 0.15) is 32.3 Å². The van der Waals surface area contributed by atoms with Gasteiger partial charge in [-0.25, -0.2) is 0 Å². The molecule has 2 atom stereocenters. The summed E-state index contributed by atoms with van der Waals surface area (Å²) in [6.07, 6.45) is 3.11. The number of nitrogens with zero attached hydrogens (tertiary/aromatic N) is 3. The van der Waals surface area contributed by atoms with E-state index in [9.17, 15) is 9.59 Å². The molecule has 6 heteroatoms. The minimum atomic E-state index is -0.214. The number of hydrogen-bond donors (Lipinski definition) is 1. The zero-order chi connectivity index (χ0) is 20.0. The Bertz CT molecular complexity index is 647. The highest BCUT2D eigenvalue weighted by Gasteiger charge is 2.30. The lowest BCUT2D eigenvalue weighted by Crippen LogP contribution is -2.53. The van der Waals surface area contributed by atoms with Crippen LogP contribution in [-0.4, -0.2) is 79.4 Å². The van der Waals surface area contributed by atoms with Crippen LogP contribution >= 0.6 is 0 Å². The first-order valence-corrected chi connectivity index (χ1v) is 9.86. The highest BCUT2D eigenvalue weighted by molar-refractivity contribution is 5.95. The molecular formula is C21H34N4O2. The van der Waals surface area contributed by atoms with Crippen molar-refractivity contribution in [2.45, 2.75) is 45.2 Å². The summed E-state index contributed by atoms with van der Waals surface area (Å²) in [7, 11) is 5.88. The summed E-state index contributed by atoms with van der Waals surface area (Å²) < 4.78 is 0. The van der Waals surface area contributed by atoms with Crippen molar-refractivity contribution >= 4 is 17.5 Å². The van der Waals surface area contributed by atoms with E-state index in [0.29, 0.717) is 6.04 Å². The molecule has 6 nitrogen and oxygen atoms in total. The predicted octanol–water partition coefficient (Wildman–Crippen LogP) is 2.06. The molecule has 150 valence electrons. The first-order valence-electron chi connectivity index (χ1n) is 9.86. The summed E-state index contributed by atoms with van der Waals surface area (Å²) in [4.78, 5) is 31.2. The minimum Gasteiger partial charge on any atom is -0.335 e. The molecule has 1 aliphatic heterocycles. The molecular weight excluding hydrogens is 340 g/mol. The fourth-order valence-electron chi connectivity index (χ4n) is 3.67. The van der Waals surface area contributed by atoms with Crippen molar-refractivity contribution in [1.29, 1.82) is 0 Å². The van der Waals surface area contributed by atoms with E-state index in [1.54, 1.807) is 7.05 Å². The number of carbonyl (C=O) groups excluding carboxylic acids is 2. The molecule has 0 radical (unpaired) electrons. The molecule has 1 fully saturated rings. The van der Waals surface area contributed by atoms with E-state index in [1.807, 2.05) is 31.2 Å². The van der Waals surface area contributed by atoms with Crippen molar-refractivity contribution in [3.05, 3.63) is 29.8 Å². The van der Waals surface area contributed by atoms with Gasteiger partial charge in [0.2, 0.25) is 11.8 Å². The number of nitrogens with one attached hydrogen (secondary N) is 1. The number of rotatable bonds is 7. The number of likely N-dealkylation sites (tertiary alicyclic amines) is 1. The Morgan fingerprint density at radius 3 is 2.63 bits per heavy atom. The number of piperidine rings is 1. The van der Waals surface area contributed by atoms with Crippen LogP contribution in [0.3, 0.4) is 0 Å². The van der Waals surface area contributed by atoms with Crippen molar-refractivity contribution in [1.82, 2.24) is 14.7 Å². The molecule has 2 rings (SSSR count). The maximum atomic E-state index is 12.8. The van der Waals surface area contributed by atoms with Gasteiger partial charge in [-0.15, -0.1) is 0 Å². The van der Waals surface area contributed by atoms with Crippen LogP contribution in [0.4, 0.5) is 5.69 Å². The molecule has 1 heterocycles. The van der Waals surface area contributed by atoms with Crippen LogP contribution in [0, 0.1) is 0 Å². The largest absolute Gasteiger partial charge is 0.335 e. The van der Waals surface area contributed by atoms with Gasteiger partial charge in [0.25, 0.3) is 0 Å². The minimum absolute atomic E-state index is 0.00617. The second kappa shape index (κ2) is 9.85. The molecule has 2 amide bonds. The average Bonchev–Trinajstić information content (AvgIpc) is 2.67. The third kappa shape index (κ3) is 5.78. The number of benzene rings is 1. The zero-order valence-corrected chi connectivity index (χ0v) is 17.4. The summed E-state index contributed by atoms with van der Waals surface area (Å²) in [5.41, 5.74) is 1.92. The van der Waals surface area contributed by atoms with Crippen molar-refractivity contribution in [2.75, 3.05) is 46.1 Å². The Balaban J connectivity index is 1.91. The number of para-hydroxylation sites is 1. The normalized spacial score (nSPS) is 19.0. The van der Waals surface area contributed by atoms with Gasteiger partial charge in [0.1, 0.15) is 0 Å². The molecule has 0 saturated carbocycles. The van der Waals surface area contributed by atoms with E-state index in [0.717, 1.165) is 37.2 Å². The predicted molar refractivity (Wildman–Crippen MR) is 110 cm³/mol. The molecule has 0 spiro atoms. The summed E-state index contributed by atoms with van der Waals surface area (Å²) in [6.45, 7) is 5.89. The van der Waals surface area contributed by atoms with E-state index in [4.69, 9.17) is 0 Å². The number of aryl methyl sites for hydroxylation is 1. The highest BCUT2D eigenvalue weighted by atomic mass is 16.2. The highest BCUT2D eigenvalue weighted by Crippen LogP contribution is 2.18. The molecule has 1 saturated heterocycles. The average molecular weight is 375 g/mol. The van der Waals surface area contributed by atoms with E-state index >= 15 is 0 Å². The van der Waals surface area contributed by atoms with Crippen molar-refractivity contribution in [2.24, 2.45) is 0 Å². The third-order valence-corrected chi connectivity index (χ3v) is 5.49. The van der Waals surface area contributed by atoms with Gasteiger partial charge >= 0.3 is 0 Å². The Kier molecular flexibility index (Phi) is 7.80. The molecule has 0 bridgehead atoms. The molecule has 0 aromatic heterocycles. The van der Waals surface area contributed by atoms with Crippen molar-refractivity contribution in [3.63, 3.8) is 0 Å². The number of likely N-dealkylation sites (N-methyl/N-ethyl adjacent to an activating group) is 2. The van der Waals surface area contributed by atoms with Crippen molar-refractivity contribution in [3.8, 4) is 0 Å². The molecule has 1 N–H and O–H groups in total. The standard InChI is InChI=1S/C21H34N4O2/c1-6-17-10-7-8-12-19(17)22-20(26)15-24(5)21(27)16(2)25-13-9-11-18(14-25)23(3)4/h7-8,10,12,16,18H,6,9,11,13-15H2,1-5H3,(H,22,26). The van der Waals surface area contributed by atoms with E-state index < -0.39 is 0 Å². The number of hydrogen-bond acceptors (Lipinski definition) is 4. The fourth-order valence-corrected chi connectivity index (χ4v) is 3.67. The molecule has 1 aromatic rings. The Labute approximate surface area is 163 Å². The molecule has 1 aromatic carbocycles. The summed E-state index contributed by atoms with van der Waals surface area (Å²) in [6, 6.07) is 8.04. The maximum Gasteiger partial charge on any atom is 0.243 e. The van der Waals surface area contributed by atoms with Gasteiger partial charge in [-0.05, 0) is 58.5 Å². The lowest BCUT2D eigenvalue weighted by atomic mass is 10.0. The van der Waals surface area contributed by atoms with Crippen LogP contribution in [-0.2, 0) is 16.0 Å². The Morgan fingerprint density at radius 2 is 1.96 bits per heavy atom. The lowest BCUT2D eigenvalue weighted by Gasteiger charge is -2.39. The second-order valence-electron chi connectivity index (χ2n) is 7.68. The second-order valence-corrected chi connectivity index (χ2v) is 7.68. The first kappa shape index (κ1) is 21.4. The van der Waals surface area contributed by atoms with Crippen molar-refractivity contribution < 1.29 is 9.59 Å². The molecule has 1 aliphatic rings.